The first-order valence-electron chi connectivity index (χ1n) is 38.1. The first-order chi connectivity index (χ1) is 47.6. The van der Waals surface area contributed by atoms with Crippen molar-refractivity contribution in [2.75, 3.05) is 34.0 Å². The zero-order valence-corrected chi connectivity index (χ0v) is 69.7. The van der Waals surface area contributed by atoms with E-state index in [1.165, 1.54) is 28.1 Å². The minimum absolute atomic E-state index is 0.0375. The molecule has 0 aromatic heterocycles. The number of aliphatic hydroxyl groups is 4. The van der Waals surface area contributed by atoms with E-state index in [-0.39, 0.29) is 149 Å². The first-order valence-corrected chi connectivity index (χ1v) is 38.1. The summed E-state index contributed by atoms with van der Waals surface area (Å²) < 4.78 is 29.9. The van der Waals surface area contributed by atoms with Crippen LogP contribution in [0.4, 0.5) is 0 Å². The number of allylic oxidation sites excluding steroid dienone is 9. The molecule has 19 heteroatoms. The topological polar surface area (TPSA) is 290 Å². The largest absolute Gasteiger partial charge is 0.469 e. The molecular weight excluding hydrogens is 1340 g/mol. The van der Waals surface area contributed by atoms with Crippen molar-refractivity contribution in [1.29, 1.82) is 0 Å². The molecule has 4 unspecified atom stereocenters. The zero-order chi connectivity index (χ0) is 81.0. The number of Topliss-reactive ketones (excluding diaryl/α,β-unsaturated/α-hetero) is 2. The van der Waals surface area contributed by atoms with Crippen LogP contribution < -0.4 is 0 Å². The van der Waals surface area contributed by atoms with Gasteiger partial charge in [-0.05, 0) is 88.9 Å². The third-order valence-electron chi connectivity index (χ3n) is 30.2. The van der Waals surface area contributed by atoms with Crippen LogP contribution in [0.3, 0.4) is 0 Å². The van der Waals surface area contributed by atoms with Crippen LogP contribution >= 0.6 is 0 Å². The number of methoxy groups -OCH3 is 2. The third kappa shape index (κ3) is 18.5. The lowest BCUT2D eigenvalue weighted by Gasteiger charge is -2.39. The molecule has 0 radical (unpaired) electrons. The predicted molar refractivity (Wildman–Crippen MR) is 406 cm³/mol. The molecule has 11 rings (SSSR count). The molecule has 2 heterocycles. The van der Waals surface area contributed by atoms with Crippen LogP contribution in [-0.4, -0.2) is 138 Å². The molecule has 2 saturated heterocycles. The van der Waals surface area contributed by atoms with E-state index in [2.05, 4.69) is 129 Å². The fourth-order valence-electron chi connectivity index (χ4n) is 17.0. The van der Waals surface area contributed by atoms with Crippen molar-refractivity contribution in [1.82, 2.24) is 0 Å². The minimum Gasteiger partial charge on any atom is -0.469 e. The summed E-state index contributed by atoms with van der Waals surface area (Å²) in [6, 6.07) is 0. The molecule has 105 heavy (non-hydrogen) atoms. The summed E-state index contributed by atoms with van der Waals surface area (Å²) in [7, 11) is 2.74. The van der Waals surface area contributed by atoms with Crippen LogP contribution in [0, 0.1) is 92.6 Å². The number of hydrogen-bond donors (Lipinski definition) is 4. The fraction of sp³-hybridized carbons (Fsp3) is 0.779. The maximum absolute atomic E-state index is 11.7. The number of carbonyl (C=O) groups excluding carboxylic acids is 9. The van der Waals surface area contributed by atoms with Crippen molar-refractivity contribution in [2.24, 2.45) is 92.6 Å². The van der Waals surface area contributed by atoms with Gasteiger partial charge in [-0.2, -0.15) is 0 Å². The van der Waals surface area contributed by atoms with Crippen LogP contribution in [-0.2, 0) is 71.6 Å². The van der Waals surface area contributed by atoms with Crippen LogP contribution in [0.5, 0.6) is 0 Å². The molecule has 0 amide bonds. The van der Waals surface area contributed by atoms with E-state index >= 15 is 0 Å². The quantitative estimate of drug-likeness (QED) is 0.0802. The molecule has 2 bridgehead atoms. The summed E-state index contributed by atoms with van der Waals surface area (Å²) in [4.78, 5) is 101. The van der Waals surface area contributed by atoms with Crippen LogP contribution in [0.15, 0.2) is 60.8 Å². The smallest absolute Gasteiger partial charge is 0.306 e. The molecule has 11 aliphatic rings. The Labute approximate surface area is 630 Å². The average molecular weight is 1480 g/mol. The SMILES string of the molecule is CC(=O)OC1CC2C(=O)CC1(C)C2(C)C.CC(=O)OCC[C@]1(C)C=CCC1(C)C.CC1(C)C(=O)C[C@H]2OC(=O)C[C@]21C.CC1(C)C=CC[C@@]1(C)CCO.CC1(C)CC=C[C@@]1(C)CCO.CC1(C)[C@@H](O)C[C@H]2OC(=O)C[C@]21C.COC(=O)C[C@]1(C)C=CC(=O)C1(C)C.COC(=O)C[C@]1(C)C=CC(O)C1(C)C. The molecule has 19 nitrogen and oxygen atoms in total. The standard InChI is InChI=1S/C12H18O3.C12H20O2.C11H18O3.C11H16O3.C10H16O3.C10H14O3.2C10H18O/c1-7(13)15-10-5-8-9(14)6-12(10,4)11(8,2)3;1-10(13)14-9-8-12(4)7-5-6-11(12,2)3;2*1-10(2)8(12)5-6-11(10,3)7-9(13)14-4;2*1-9(2)6(11)4-7-10(9,3)5-8(12)13-7;2*1-9(2)5-4-6-10(9,3)7-8-11/h8,10H,5-6H2,1-4H3;5,7H,6,8-9H2,1-4H3;5-6,8,12H,7H2,1-4H3;5-6H,7H2,1-4H3;6-7,11H,4-5H2,1-3H3;7H,4-5H2,1-3H3;4,6,11H,5,7-8H2,1-3H3;4-5,11H,6-8H2,1-3H3/t;12-;8?,11-;11-;6-,7+,10+;7-,10-;2*10-/m.0000100/s1. The van der Waals surface area contributed by atoms with Gasteiger partial charge in [0.05, 0.1) is 58.7 Å². The number of hydrogen-bond acceptors (Lipinski definition) is 19. The van der Waals surface area contributed by atoms with Gasteiger partial charge in [-0.25, -0.2) is 0 Å². The summed E-state index contributed by atoms with van der Waals surface area (Å²) in [5.74, 6) is -0.514. The molecule has 596 valence electrons. The summed E-state index contributed by atoms with van der Waals surface area (Å²) >= 11 is 0. The highest BCUT2D eigenvalue weighted by atomic mass is 16.6. The van der Waals surface area contributed by atoms with Crippen molar-refractivity contribution in [3.05, 3.63) is 60.8 Å². The average Bonchev–Trinajstić information content (AvgIpc) is 1.55. The highest BCUT2D eigenvalue weighted by molar-refractivity contribution is 5.98. The highest BCUT2D eigenvalue weighted by Crippen LogP contribution is 2.65. The second-order valence-electron chi connectivity index (χ2n) is 38.5. The van der Waals surface area contributed by atoms with E-state index < -0.39 is 22.3 Å². The number of fused-ring (bicyclic) bond motifs is 4. The van der Waals surface area contributed by atoms with Crippen molar-refractivity contribution in [3.8, 4) is 0 Å². The third-order valence-corrected chi connectivity index (χ3v) is 30.2. The van der Waals surface area contributed by atoms with Crippen molar-refractivity contribution in [2.45, 2.75) is 300 Å². The lowest BCUT2D eigenvalue weighted by molar-refractivity contribution is -0.155. The summed E-state index contributed by atoms with van der Waals surface area (Å²) in [5.41, 5.74) is -1.33. The maximum Gasteiger partial charge on any atom is 0.306 e. The van der Waals surface area contributed by atoms with Gasteiger partial charge in [0.25, 0.3) is 0 Å². The van der Waals surface area contributed by atoms with Gasteiger partial charge in [-0.3, -0.25) is 43.2 Å². The van der Waals surface area contributed by atoms with E-state index in [4.69, 9.17) is 29.2 Å². The van der Waals surface area contributed by atoms with E-state index in [1.807, 2.05) is 95.2 Å². The first kappa shape index (κ1) is 91.8. The predicted octanol–water partition coefficient (Wildman–Crippen LogP) is 15.2. The maximum atomic E-state index is 11.7. The van der Waals surface area contributed by atoms with E-state index in [1.54, 1.807) is 12.2 Å². The van der Waals surface area contributed by atoms with Gasteiger partial charge < -0.3 is 48.8 Å². The second-order valence-corrected chi connectivity index (χ2v) is 38.5. The van der Waals surface area contributed by atoms with Crippen molar-refractivity contribution >= 4 is 53.2 Å². The number of rotatable bonds is 12. The summed E-state index contributed by atoms with van der Waals surface area (Å²) in [6.45, 7) is 54.0. The highest BCUT2D eigenvalue weighted by Gasteiger charge is 2.67. The molecule has 4 saturated carbocycles. The Morgan fingerprint density at radius 1 is 0.505 bits per heavy atom. The van der Waals surface area contributed by atoms with Gasteiger partial charge in [0, 0.05) is 101 Å². The number of aliphatic hydroxyl groups excluding tert-OH is 4. The van der Waals surface area contributed by atoms with E-state index in [0.717, 1.165) is 38.5 Å². The molecule has 4 N–H and O–H groups in total. The van der Waals surface area contributed by atoms with E-state index in [9.17, 15) is 53.4 Å². The van der Waals surface area contributed by atoms with Gasteiger partial charge >= 0.3 is 35.8 Å². The molecule has 6 fully saturated rings. The Hall–Kier alpha value is -5.63. The lowest BCUT2D eigenvalue weighted by atomic mass is 9.66. The monoisotopic (exact) mass is 1470 g/mol. The van der Waals surface area contributed by atoms with Crippen LogP contribution in [0.2, 0.25) is 0 Å². The Morgan fingerprint density at radius 3 is 1.36 bits per heavy atom. The zero-order valence-electron chi connectivity index (χ0n) is 69.7. The molecule has 9 aliphatic carbocycles. The van der Waals surface area contributed by atoms with Gasteiger partial charge in [-0.15, -0.1) is 0 Å². The molecule has 0 spiro atoms. The molecular formula is C86H138O19. The van der Waals surface area contributed by atoms with Crippen molar-refractivity contribution < 1.29 is 92.0 Å². The molecule has 0 aromatic carbocycles. The summed E-state index contributed by atoms with van der Waals surface area (Å²) in [5, 5.41) is 37.3. The fourth-order valence-corrected chi connectivity index (χ4v) is 17.0. The lowest BCUT2D eigenvalue weighted by Crippen LogP contribution is -2.39. The van der Waals surface area contributed by atoms with Gasteiger partial charge in [0.15, 0.2) is 5.78 Å². The van der Waals surface area contributed by atoms with Gasteiger partial charge in [0.1, 0.15) is 29.9 Å². The van der Waals surface area contributed by atoms with Crippen molar-refractivity contribution in [3.63, 3.8) is 0 Å². The molecule has 2 aliphatic heterocycles. The normalized spacial score (nSPS) is 36.7. The molecule has 14 atom stereocenters. The Morgan fingerprint density at radius 2 is 0.990 bits per heavy atom. The Balaban J connectivity index is 0.000000254. The number of esters is 6. The van der Waals surface area contributed by atoms with Crippen LogP contribution in [0.1, 0.15) is 270 Å². The Kier molecular flexibility index (Phi) is 28.7. The van der Waals surface area contributed by atoms with Gasteiger partial charge in [0.2, 0.25) is 0 Å². The molecule has 0 aromatic rings. The van der Waals surface area contributed by atoms with Crippen LogP contribution in [0.25, 0.3) is 0 Å². The number of ether oxygens (including phenoxy) is 6. The summed E-state index contributed by atoms with van der Waals surface area (Å²) in [6.07, 6.45) is 29.1. The minimum atomic E-state index is -0.513. The number of carbonyl (C=O) groups is 9. The van der Waals surface area contributed by atoms with E-state index in [0.29, 0.717) is 76.0 Å². The second kappa shape index (κ2) is 32.9. The van der Waals surface area contributed by atoms with Gasteiger partial charge in [-0.1, -0.05) is 221 Å². The Bertz CT molecular complexity index is 3330. The number of ketones is 3.